The number of piperazine rings is 1. The van der Waals surface area contributed by atoms with Crippen LogP contribution in [0.5, 0.6) is 0 Å². The van der Waals surface area contributed by atoms with Crippen LogP contribution in [0, 0.1) is 0 Å². The minimum Gasteiger partial charge on any atom is -0.369 e. The van der Waals surface area contributed by atoms with Crippen molar-refractivity contribution in [1.82, 2.24) is 9.80 Å². The molecule has 2 heterocycles. The Labute approximate surface area is 146 Å². The van der Waals surface area contributed by atoms with Crippen molar-refractivity contribution in [1.29, 1.82) is 0 Å². The van der Waals surface area contributed by atoms with Crippen LogP contribution in [0.1, 0.15) is 43.5 Å². The van der Waals surface area contributed by atoms with E-state index in [4.69, 9.17) is 0 Å². The molecule has 1 aromatic carbocycles. The number of anilines is 1. The van der Waals surface area contributed by atoms with Gasteiger partial charge in [-0.2, -0.15) is 0 Å². The number of hydrogen-bond acceptors (Lipinski definition) is 4. The summed E-state index contributed by atoms with van der Waals surface area (Å²) in [6, 6.07) is 8.87. The molecule has 0 unspecified atom stereocenters. The van der Waals surface area contributed by atoms with Gasteiger partial charge in [0.2, 0.25) is 0 Å². The molecule has 2 saturated heterocycles. The number of rotatable bonds is 5. The zero-order chi connectivity index (χ0) is 16.9. The Morgan fingerprint density at radius 1 is 1.00 bits per heavy atom. The summed E-state index contributed by atoms with van der Waals surface area (Å²) < 4.78 is 0. The Balaban J connectivity index is 1.48. The first-order valence-electron chi connectivity index (χ1n) is 9.49. The fraction of sp³-hybridized carbons (Fsp3) is 0.650. The Morgan fingerprint density at radius 3 is 2.17 bits per heavy atom. The maximum atomic E-state index is 11.4. The first kappa shape index (κ1) is 17.4. The van der Waals surface area contributed by atoms with E-state index < -0.39 is 0 Å². The number of benzene rings is 1. The van der Waals surface area contributed by atoms with Crippen molar-refractivity contribution in [3.63, 3.8) is 0 Å². The van der Waals surface area contributed by atoms with E-state index in [1.807, 2.05) is 12.1 Å². The van der Waals surface area contributed by atoms with E-state index in [0.29, 0.717) is 0 Å². The Bertz CT molecular complexity index is 526. The van der Waals surface area contributed by atoms with Gasteiger partial charge >= 0.3 is 0 Å². The second-order valence-corrected chi connectivity index (χ2v) is 7.20. The molecule has 1 aromatic rings. The molecule has 4 heteroatoms. The van der Waals surface area contributed by atoms with Crippen molar-refractivity contribution in [3.8, 4) is 0 Å². The molecule has 0 aliphatic carbocycles. The van der Waals surface area contributed by atoms with Gasteiger partial charge < -0.3 is 9.80 Å². The minimum atomic E-state index is 0.140. The third kappa shape index (κ3) is 4.17. The molecule has 0 saturated carbocycles. The highest BCUT2D eigenvalue weighted by Gasteiger charge is 2.27. The van der Waals surface area contributed by atoms with Crippen molar-refractivity contribution in [2.24, 2.45) is 0 Å². The molecule has 2 aliphatic rings. The quantitative estimate of drug-likeness (QED) is 0.776. The lowest BCUT2D eigenvalue weighted by Crippen LogP contribution is -2.53. The van der Waals surface area contributed by atoms with Crippen molar-refractivity contribution in [2.75, 3.05) is 50.7 Å². The summed E-state index contributed by atoms with van der Waals surface area (Å²) in [4.78, 5) is 19.2. The van der Waals surface area contributed by atoms with Gasteiger partial charge in [-0.15, -0.1) is 0 Å². The summed E-state index contributed by atoms with van der Waals surface area (Å²) in [6.45, 7) is 12.2. The number of ketones is 1. The molecule has 2 aliphatic heterocycles. The zero-order valence-corrected chi connectivity index (χ0v) is 15.2. The van der Waals surface area contributed by atoms with Crippen LogP contribution in [0.25, 0.3) is 0 Å². The number of Topliss-reactive ketones (excluding diaryl/α,β-unsaturated/α-hetero) is 1. The van der Waals surface area contributed by atoms with Crippen LogP contribution in [0.4, 0.5) is 5.69 Å². The SMILES string of the molecule is CCCN1CCC(N2CCN(c3ccc(C(C)=O)cc3)CC2)CC1. The molecule has 0 spiro atoms. The van der Waals surface area contributed by atoms with Crippen LogP contribution in [-0.2, 0) is 0 Å². The number of hydrogen-bond donors (Lipinski definition) is 0. The fourth-order valence-electron chi connectivity index (χ4n) is 4.08. The van der Waals surface area contributed by atoms with Crippen LogP contribution >= 0.6 is 0 Å². The molecule has 4 nitrogen and oxygen atoms in total. The molecule has 0 amide bonds. The monoisotopic (exact) mass is 329 g/mol. The van der Waals surface area contributed by atoms with E-state index in [1.54, 1.807) is 6.92 Å². The van der Waals surface area contributed by atoms with Crippen LogP contribution in [0.15, 0.2) is 24.3 Å². The van der Waals surface area contributed by atoms with Gasteiger partial charge in [0.1, 0.15) is 0 Å². The second kappa shape index (κ2) is 8.13. The number of piperidine rings is 1. The number of nitrogens with zero attached hydrogens (tertiary/aromatic N) is 3. The van der Waals surface area contributed by atoms with Gasteiger partial charge in [-0.25, -0.2) is 0 Å². The third-order valence-electron chi connectivity index (χ3n) is 5.57. The highest BCUT2D eigenvalue weighted by Crippen LogP contribution is 2.22. The van der Waals surface area contributed by atoms with Gasteiger partial charge in [-0.05, 0) is 70.1 Å². The second-order valence-electron chi connectivity index (χ2n) is 7.20. The topological polar surface area (TPSA) is 26.8 Å². The maximum Gasteiger partial charge on any atom is 0.159 e. The Hall–Kier alpha value is -1.39. The predicted molar refractivity (Wildman–Crippen MR) is 100.0 cm³/mol. The van der Waals surface area contributed by atoms with Crippen LogP contribution < -0.4 is 4.90 Å². The molecule has 0 radical (unpaired) electrons. The van der Waals surface area contributed by atoms with Crippen LogP contribution in [0.2, 0.25) is 0 Å². The smallest absolute Gasteiger partial charge is 0.159 e. The van der Waals surface area contributed by atoms with Crippen molar-refractivity contribution in [2.45, 2.75) is 39.2 Å². The molecular formula is C20H31N3O. The zero-order valence-electron chi connectivity index (χ0n) is 15.2. The van der Waals surface area contributed by atoms with Crippen LogP contribution in [0.3, 0.4) is 0 Å². The molecule has 2 fully saturated rings. The highest BCUT2D eigenvalue weighted by atomic mass is 16.1. The lowest BCUT2D eigenvalue weighted by atomic mass is 10.0. The lowest BCUT2D eigenvalue weighted by molar-refractivity contribution is 0.101. The standard InChI is InChI=1S/C20H31N3O/c1-3-10-21-11-8-20(9-12-21)23-15-13-22(14-16-23)19-6-4-18(5-7-19)17(2)24/h4-7,20H,3,8-16H2,1-2H3. The molecule has 3 rings (SSSR count). The van der Waals surface area contributed by atoms with E-state index in [9.17, 15) is 4.79 Å². The molecule has 0 N–H and O–H groups in total. The van der Waals surface area contributed by atoms with Crippen molar-refractivity contribution in [3.05, 3.63) is 29.8 Å². The highest BCUT2D eigenvalue weighted by molar-refractivity contribution is 5.94. The molecule has 0 atom stereocenters. The van der Waals surface area contributed by atoms with Gasteiger partial charge in [0, 0.05) is 43.5 Å². The van der Waals surface area contributed by atoms with E-state index in [0.717, 1.165) is 37.8 Å². The molecular weight excluding hydrogens is 298 g/mol. The average Bonchev–Trinajstić information content (AvgIpc) is 2.63. The molecule has 132 valence electrons. The van der Waals surface area contributed by atoms with E-state index >= 15 is 0 Å². The Morgan fingerprint density at radius 2 is 1.62 bits per heavy atom. The average molecular weight is 329 g/mol. The third-order valence-corrected chi connectivity index (χ3v) is 5.57. The summed E-state index contributed by atoms with van der Waals surface area (Å²) in [6.07, 6.45) is 3.92. The lowest BCUT2D eigenvalue weighted by Gasteiger charge is -2.43. The predicted octanol–water partition coefficient (Wildman–Crippen LogP) is 2.89. The minimum absolute atomic E-state index is 0.140. The first-order chi connectivity index (χ1) is 11.7. The summed E-state index contributed by atoms with van der Waals surface area (Å²) in [5, 5.41) is 0. The summed E-state index contributed by atoms with van der Waals surface area (Å²) in [5.74, 6) is 0.140. The van der Waals surface area contributed by atoms with Crippen molar-refractivity contribution < 1.29 is 4.79 Å². The largest absolute Gasteiger partial charge is 0.369 e. The van der Waals surface area contributed by atoms with Gasteiger partial charge in [0.05, 0.1) is 0 Å². The number of carbonyl (C=O) groups excluding carboxylic acids is 1. The van der Waals surface area contributed by atoms with Gasteiger partial charge in [0.15, 0.2) is 5.78 Å². The van der Waals surface area contributed by atoms with E-state index in [2.05, 4.69) is 33.8 Å². The molecule has 24 heavy (non-hydrogen) atoms. The van der Waals surface area contributed by atoms with Gasteiger partial charge in [-0.1, -0.05) is 6.92 Å². The van der Waals surface area contributed by atoms with Gasteiger partial charge in [0.25, 0.3) is 0 Å². The van der Waals surface area contributed by atoms with E-state index in [-0.39, 0.29) is 5.78 Å². The summed E-state index contributed by atoms with van der Waals surface area (Å²) in [5.41, 5.74) is 2.05. The fourth-order valence-corrected chi connectivity index (χ4v) is 4.08. The molecule has 0 aromatic heterocycles. The number of likely N-dealkylation sites (tertiary alicyclic amines) is 1. The van der Waals surface area contributed by atoms with Crippen molar-refractivity contribution >= 4 is 11.5 Å². The van der Waals surface area contributed by atoms with Gasteiger partial charge in [-0.3, -0.25) is 9.69 Å². The number of carbonyl (C=O) groups is 1. The Kier molecular flexibility index (Phi) is 5.90. The molecule has 0 bridgehead atoms. The van der Waals surface area contributed by atoms with Crippen LogP contribution in [-0.4, -0.2) is 67.4 Å². The summed E-state index contributed by atoms with van der Waals surface area (Å²) in [7, 11) is 0. The first-order valence-corrected chi connectivity index (χ1v) is 9.49. The van der Waals surface area contributed by atoms with E-state index in [1.165, 1.54) is 44.6 Å². The summed E-state index contributed by atoms with van der Waals surface area (Å²) >= 11 is 0. The maximum absolute atomic E-state index is 11.4. The normalized spacial score (nSPS) is 21.2.